The van der Waals surface area contributed by atoms with E-state index in [0.717, 1.165) is 17.3 Å². The number of pyridine rings is 1. The molecule has 1 amide bonds. The molecule has 0 saturated carbocycles. The van der Waals surface area contributed by atoms with Crippen molar-refractivity contribution < 1.29 is 9.53 Å². The normalized spacial score (nSPS) is 22.1. The number of fused-ring (bicyclic) bond motifs is 1. The predicted octanol–water partition coefficient (Wildman–Crippen LogP) is 1.68. The molecule has 2 aromatic rings. The number of carbonyl (C=O) groups excluding carboxylic acids is 1. The molecule has 104 valence electrons. The smallest absolute Gasteiger partial charge is 0.253 e. The molecule has 2 atom stereocenters. The van der Waals surface area contributed by atoms with Crippen LogP contribution in [0.25, 0.3) is 10.9 Å². The van der Waals surface area contributed by atoms with E-state index in [0.29, 0.717) is 18.7 Å². The number of para-hydroxylation sites is 1. The van der Waals surface area contributed by atoms with Crippen molar-refractivity contribution >= 4 is 22.5 Å². The monoisotopic (exact) mass is 271 g/mol. The van der Waals surface area contributed by atoms with Crippen LogP contribution in [0.4, 0.5) is 5.69 Å². The summed E-state index contributed by atoms with van der Waals surface area (Å²) < 4.78 is 5.57. The zero-order valence-electron chi connectivity index (χ0n) is 11.1. The zero-order valence-corrected chi connectivity index (χ0v) is 11.1. The molecule has 1 aliphatic rings. The number of carbonyl (C=O) groups is 1. The van der Waals surface area contributed by atoms with Crippen LogP contribution in [0.1, 0.15) is 12.8 Å². The summed E-state index contributed by atoms with van der Waals surface area (Å²) in [5.41, 5.74) is 7.14. The van der Waals surface area contributed by atoms with Crippen molar-refractivity contribution in [2.75, 3.05) is 11.9 Å². The molecule has 5 heteroatoms. The van der Waals surface area contributed by atoms with E-state index in [1.54, 1.807) is 6.20 Å². The first-order chi connectivity index (χ1) is 9.76. The molecule has 1 saturated heterocycles. The van der Waals surface area contributed by atoms with Gasteiger partial charge >= 0.3 is 0 Å². The SMILES string of the molecule is NC[C@H]1CC[C@@H](C(=O)Nc2cnc3ccccc3c2)O1. The lowest BCUT2D eigenvalue weighted by Gasteiger charge is -2.12. The lowest BCUT2D eigenvalue weighted by atomic mass is 10.2. The van der Waals surface area contributed by atoms with Crippen molar-refractivity contribution in [1.82, 2.24) is 4.98 Å². The van der Waals surface area contributed by atoms with E-state index >= 15 is 0 Å². The Bertz CT molecular complexity index is 629. The highest BCUT2D eigenvalue weighted by Gasteiger charge is 2.29. The summed E-state index contributed by atoms with van der Waals surface area (Å²) in [4.78, 5) is 16.4. The van der Waals surface area contributed by atoms with Crippen molar-refractivity contribution in [2.24, 2.45) is 5.73 Å². The summed E-state index contributed by atoms with van der Waals surface area (Å²) >= 11 is 0. The zero-order chi connectivity index (χ0) is 13.9. The third-order valence-corrected chi connectivity index (χ3v) is 3.52. The lowest BCUT2D eigenvalue weighted by Crippen LogP contribution is -2.29. The van der Waals surface area contributed by atoms with Crippen molar-refractivity contribution in [2.45, 2.75) is 25.0 Å². The van der Waals surface area contributed by atoms with Crippen LogP contribution in [-0.2, 0) is 9.53 Å². The number of hydrogen-bond acceptors (Lipinski definition) is 4. The highest BCUT2D eigenvalue weighted by atomic mass is 16.5. The Hall–Kier alpha value is -1.98. The highest BCUT2D eigenvalue weighted by Crippen LogP contribution is 2.21. The van der Waals surface area contributed by atoms with Crippen LogP contribution >= 0.6 is 0 Å². The van der Waals surface area contributed by atoms with E-state index in [4.69, 9.17) is 10.5 Å². The van der Waals surface area contributed by atoms with Crippen LogP contribution in [-0.4, -0.2) is 29.6 Å². The molecule has 2 heterocycles. The van der Waals surface area contributed by atoms with Gasteiger partial charge in [-0.3, -0.25) is 9.78 Å². The maximum Gasteiger partial charge on any atom is 0.253 e. The van der Waals surface area contributed by atoms with Crippen LogP contribution in [0.2, 0.25) is 0 Å². The largest absolute Gasteiger partial charge is 0.364 e. The Morgan fingerprint density at radius 1 is 1.40 bits per heavy atom. The summed E-state index contributed by atoms with van der Waals surface area (Å²) in [6.07, 6.45) is 2.81. The molecular formula is C15H17N3O2. The van der Waals surface area contributed by atoms with Gasteiger partial charge in [-0.25, -0.2) is 0 Å². The fourth-order valence-corrected chi connectivity index (χ4v) is 2.43. The minimum atomic E-state index is -0.407. The van der Waals surface area contributed by atoms with Gasteiger partial charge in [0.05, 0.1) is 23.5 Å². The molecule has 1 fully saturated rings. The number of benzene rings is 1. The number of nitrogens with zero attached hydrogens (tertiary/aromatic N) is 1. The fourth-order valence-electron chi connectivity index (χ4n) is 2.43. The summed E-state index contributed by atoms with van der Waals surface area (Å²) in [7, 11) is 0. The second-order valence-electron chi connectivity index (χ2n) is 4.97. The molecule has 3 rings (SSSR count). The van der Waals surface area contributed by atoms with Gasteiger partial charge in [0.25, 0.3) is 5.91 Å². The second kappa shape index (κ2) is 5.56. The molecule has 3 N–H and O–H groups in total. The van der Waals surface area contributed by atoms with Crippen LogP contribution in [0, 0.1) is 0 Å². The molecule has 0 radical (unpaired) electrons. The third kappa shape index (κ3) is 2.64. The molecule has 0 unspecified atom stereocenters. The molecule has 1 aromatic carbocycles. The van der Waals surface area contributed by atoms with Gasteiger partial charge in [0.2, 0.25) is 0 Å². The molecule has 20 heavy (non-hydrogen) atoms. The van der Waals surface area contributed by atoms with Crippen molar-refractivity contribution in [3.05, 3.63) is 36.5 Å². The van der Waals surface area contributed by atoms with Gasteiger partial charge in [-0.15, -0.1) is 0 Å². The van der Waals surface area contributed by atoms with Crippen molar-refractivity contribution in [3.63, 3.8) is 0 Å². The van der Waals surface area contributed by atoms with Gasteiger partial charge in [0.1, 0.15) is 6.10 Å². The summed E-state index contributed by atoms with van der Waals surface area (Å²) in [6, 6.07) is 9.70. The van der Waals surface area contributed by atoms with Crippen LogP contribution in [0.15, 0.2) is 36.5 Å². The molecule has 1 aliphatic heterocycles. The predicted molar refractivity (Wildman–Crippen MR) is 77.3 cm³/mol. The second-order valence-corrected chi connectivity index (χ2v) is 4.97. The van der Waals surface area contributed by atoms with Crippen LogP contribution < -0.4 is 11.1 Å². The van der Waals surface area contributed by atoms with Crippen LogP contribution in [0.3, 0.4) is 0 Å². The molecule has 0 aliphatic carbocycles. The number of ether oxygens (including phenoxy) is 1. The topological polar surface area (TPSA) is 77.2 Å². The van der Waals surface area contributed by atoms with Crippen molar-refractivity contribution in [3.8, 4) is 0 Å². The summed E-state index contributed by atoms with van der Waals surface area (Å²) in [5.74, 6) is -0.127. The molecule has 0 bridgehead atoms. The van der Waals surface area contributed by atoms with Gasteiger partial charge in [0.15, 0.2) is 0 Å². The van der Waals surface area contributed by atoms with E-state index in [2.05, 4.69) is 10.3 Å². The first kappa shape index (κ1) is 13.0. The molecule has 0 spiro atoms. The number of nitrogens with one attached hydrogen (secondary N) is 1. The highest BCUT2D eigenvalue weighted by molar-refractivity contribution is 5.96. The Morgan fingerprint density at radius 3 is 3.05 bits per heavy atom. The van der Waals surface area contributed by atoms with E-state index in [9.17, 15) is 4.79 Å². The van der Waals surface area contributed by atoms with Gasteiger partial charge < -0.3 is 15.8 Å². The Kier molecular flexibility index (Phi) is 3.62. The number of anilines is 1. The van der Waals surface area contributed by atoms with Crippen molar-refractivity contribution in [1.29, 1.82) is 0 Å². The molecule has 1 aromatic heterocycles. The van der Waals surface area contributed by atoms with Gasteiger partial charge in [-0.1, -0.05) is 18.2 Å². The maximum absolute atomic E-state index is 12.1. The van der Waals surface area contributed by atoms with Gasteiger partial charge in [0, 0.05) is 11.9 Å². The summed E-state index contributed by atoms with van der Waals surface area (Å²) in [5, 5.41) is 3.85. The Morgan fingerprint density at radius 2 is 2.25 bits per heavy atom. The third-order valence-electron chi connectivity index (χ3n) is 3.52. The minimum Gasteiger partial charge on any atom is -0.364 e. The van der Waals surface area contributed by atoms with E-state index in [1.807, 2.05) is 30.3 Å². The number of hydrogen-bond donors (Lipinski definition) is 2. The van der Waals surface area contributed by atoms with E-state index in [1.165, 1.54) is 0 Å². The first-order valence-electron chi connectivity index (χ1n) is 6.77. The molecule has 5 nitrogen and oxygen atoms in total. The Balaban J connectivity index is 1.71. The average Bonchev–Trinajstić information content (AvgIpc) is 2.96. The number of rotatable bonds is 3. The Labute approximate surface area is 117 Å². The number of aromatic nitrogens is 1. The number of amides is 1. The maximum atomic E-state index is 12.1. The summed E-state index contributed by atoms with van der Waals surface area (Å²) in [6.45, 7) is 0.460. The minimum absolute atomic E-state index is 0.000443. The first-order valence-corrected chi connectivity index (χ1v) is 6.77. The number of nitrogens with two attached hydrogens (primary N) is 1. The standard InChI is InChI=1S/C15H17N3O2/c16-8-12-5-6-14(20-12)15(19)18-11-7-10-3-1-2-4-13(10)17-9-11/h1-4,7,9,12,14H,5-6,8,16H2,(H,18,19)/t12-,14+/m1/s1. The van der Waals surface area contributed by atoms with Gasteiger partial charge in [-0.05, 0) is 25.0 Å². The average molecular weight is 271 g/mol. The van der Waals surface area contributed by atoms with E-state index < -0.39 is 6.10 Å². The lowest BCUT2D eigenvalue weighted by molar-refractivity contribution is -0.126. The molecular weight excluding hydrogens is 254 g/mol. The quantitative estimate of drug-likeness (QED) is 0.890. The fraction of sp³-hybridized carbons (Fsp3) is 0.333. The van der Waals surface area contributed by atoms with E-state index in [-0.39, 0.29) is 12.0 Å². The van der Waals surface area contributed by atoms with Gasteiger partial charge in [-0.2, -0.15) is 0 Å². The van der Waals surface area contributed by atoms with Crippen LogP contribution in [0.5, 0.6) is 0 Å².